The number of hydrogen-bond acceptors (Lipinski definition) is 4. The highest BCUT2D eigenvalue weighted by Crippen LogP contribution is 2.24. The van der Waals surface area contributed by atoms with Gasteiger partial charge in [0.15, 0.2) is 0 Å². The fourth-order valence-electron chi connectivity index (χ4n) is 2.76. The van der Waals surface area contributed by atoms with E-state index in [9.17, 15) is 9.59 Å². The summed E-state index contributed by atoms with van der Waals surface area (Å²) in [6.07, 6.45) is 1.95. The molecule has 1 aliphatic rings. The van der Waals surface area contributed by atoms with Crippen LogP contribution in [0.2, 0.25) is 0 Å². The van der Waals surface area contributed by atoms with E-state index >= 15 is 0 Å². The lowest BCUT2D eigenvalue weighted by atomic mass is 10.00. The molecule has 2 aromatic rings. The standard InChI is InChI=1S/C16H17N3O3/c1-10-5-3-4-6-11(10)15(20)19-8-13-12(17-9-18-13)7-14(19)16(21)22-2/h3-6,9,14H,7-8H2,1-2H3,(H,17,18). The summed E-state index contributed by atoms with van der Waals surface area (Å²) in [5, 5.41) is 0. The van der Waals surface area contributed by atoms with Crippen molar-refractivity contribution in [2.24, 2.45) is 0 Å². The van der Waals surface area contributed by atoms with Crippen molar-refractivity contribution >= 4 is 11.9 Å². The molecule has 1 N–H and O–H groups in total. The van der Waals surface area contributed by atoms with E-state index in [2.05, 4.69) is 9.97 Å². The van der Waals surface area contributed by atoms with Gasteiger partial charge in [0.25, 0.3) is 5.91 Å². The second-order valence-corrected chi connectivity index (χ2v) is 5.32. The Labute approximate surface area is 128 Å². The van der Waals surface area contributed by atoms with Crippen LogP contribution < -0.4 is 0 Å². The van der Waals surface area contributed by atoms with Crippen LogP contribution in [0.25, 0.3) is 0 Å². The van der Waals surface area contributed by atoms with Gasteiger partial charge in [-0.2, -0.15) is 0 Å². The summed E-state index contributed by atoms with van der Waals surface area (Å²) in [5.74, 6) is -0.593. The number of carbonyl (C=O) groups is 2. The van der Waals surface area contributed by atoms with Crippen LogP contribution in [0.5, 0.6) is 0 Å². The van der Waals surface area contributed by atoms with Gasteiger partial charge in [0.2, 0.25) is 0 Å². The zero-order chi connectivity index (χ0) is 15.7. The fraction of sp³-hybridized carbons (Fsp3) is 0.312. The van der Waals surface area contributed by atoms with Crippen LogP contribution in [-0.4, -0.2) is 39.9 Å². The number of imidazole rings is 1. The molecule has 114 valence electrons. The van der Waals surface area contributed by atoms with Gasteiger partial charge < -0.3 is 14.6 Å². The smallest absolute Gasteiger partial charge is 0.329 e. The number of rotatable bonds is 2. The van der Waals surface area contributed by atoms with Crippen LogP contribution in [0.3, 0.4) is 0 Å². The van der Waals surface area contributed by atoms with E-state index in [1.54, 1.807) is 17.3 Å². The molecule has 22 heavy (non-hydrogen) atoms. The Hall–Kier alpha value is -2.63. The van der Waals surface area contributed by atoms with E-state index in [0.29, 0.717) is 18.5 Å². The molecular formula is C16H17N3O3. The first-order valence-corrected chi connectivity index (χ1v) is 7.07. The van der Waals surface area contributed by atoms with Crippen molar-refractivity contribution in [1.29, 1.82) is 0 Å². The zero-order valence-corrected chi connectivity index (χ0v) is 12.5. The number of hydrogen-bond donors (Lipinski definition) is 1. The third-order valence-corrected chi connectivity index (χ3v) is 4.01. The lowest BCUT2D eigenvalue weighted by molar-refractivity contribution is -0.146. The lowest BCUT2D eigenvalue weighted by Gasteiger charge is -2.33. The Morgan fingerprint density at radius 1 is 1.36 bits per heavy atom. The molecule has 3 rings (SSSR count). The summed E-state index contributed by atoms with van der Waals surface area (Å²) in [4.78, 5) is 33.7. The van der Waals surface area contributed by atoms with Gasteiger partial charge in [-0.05, 0) is 18.6 Å². The maximum absolute atomic E-state index is 12.9. The summed E-state index contributed by atoms with van der Waals surface area (Å²) in [7, 11) is 1.33. The number of esters is 1. The van der Waals surface area contributed by atoms with Gasteiger partial charge >= 0.3 is 5.97 Å². The van der Waals surface area contributed by atoms with Crippen molar-refractivity contribution in [3.8, 4) is 0 Å². The van der Waals surface area contributed by atoms with Crippen LogP contribution >= 0.6 is 0 Å². The minimum Gasteiger partial charge on any atom is -0.467 e. The number of methoxy groups -OCH3 is 1. The highest BCUT2D eigenvalue weighted by atomic mass is 16.5. The van der Waals surface area contributed by atoms with E-state index in [1.807, 2.05) is 25.1 Å². The molecule has 0 radical (unpaired) electrons. The average molecular weight is 299 g/mol. The summed E-state index contributed by atoms with van der Waals surface area (Å²) >= 11 is 0. The number of amides is 1. The molecule has 1 aromatic heterocycles. The van der Waals surface area contributed by atoms with Gasteiger partial charge in [0.05, 0.1) is 31.4 Å². The second kappa shape index (κ2) is 5.63. The second-order valence-electron chi connectivity index (χ2n) is 5.32. The number of nitrogens with zero attached hydrogens (tertiary/aromatic N) is 2. The number of aromatic nitrogens is 2. The molecule has 1 aliphatic heterocycles. The minimum absolute atomic E-state index is 0.172. The van der Waals surface area contributed by atoms with Crippen molar-refractivity contribution in [2.75, 3.05) is 7.11 Å². The van der Waals surface area contributed by atoms with Gasteiger partial charge in [-0.15, -0.1) is 0 Å². The highest BCUT2D eigenvalue weighted by Gasteiger charge is 2.37. The maximum Gasteiger partial charge on any atom is 0.329 e. The molecule has 1 unspecified atom stereocenters. The molecule has 2 heterocycles. The lowest BCUT2D eigenvalue weighted by Crippen LogP contribution is -2.49. The first kappa shape index (κ1) is 14.3. The van der Waals surface area contributed by atoms with Crippen LogP contribution in [0.15, 0.2) is 30.6 Å². The summed E-state index contributed by atoms with van der Waals surface area (Å²) in [6.45, 7) is 2.20. The largest absolute Gasteiger partial charge is 0.467 e. The predicted molar refractivity (Wildman–Crippen MR) is 79.1 cm³/mol. The number of fused-ring (bicyclic) bond motifs is 1. The van der Waals surface area contributed by atoms with Crippen LogP contribution in [-0.2, 0) is 22.5 Å². The van der Waals surface area contributed by atoms with Crippen molar-refractivity contribution in [1.82, 2.24) is 14.9 Å². The maximum atomic E-state index is 12.9. The Balaban J connectivity index is 1.97. The molecule has 0 saturated carbocycles. The van der Waals surface area contributed by atoms with Gasteiger partial charge in [-0.25, -0.2) is 9.78 Å². The average Bonchev–Trinajstić information content (AvgIpc) is 3.00. The topological polar surface area (TPSA) is 75.3 Å². The number of nitrogens with one attached hydrogen (secondary N) is 1. The highest BCUT2D eigenvalue weighted by molar-refractivity contribution is 5.98. The minimum atomic E-state index is -0.645. The third-order valence-electron chi connectivity index (χ3n) is 4.01. The zero-order valence-electron chi connectivity index (χ0n) is 12.5. The molecule has 0 bridgehead atoms. The van der Waals surface area contributed by atoms with Crippen LogP contribution in [0.1, 0.15) is 27.3 Å². The first-order valence-electron chi connectivity index (χ1n) is 7.07. The van der Waals surface area contributed by atoms with Gasteiger partial charge in [-0.1, -0.05) is 18.2 Å². The van der Waals surface area contributed by atoms with Gasteiger partial charge in [0, 0.05) is 12.0 Å². The molecule has 1 atom stereocenters. The first-order chi connectivity index (χ1) is 10.6. The molecule has 1 aromatic carbocycles. The normalized spacial score (nSPS) is 17.0. The summed E-state index contributed by atoms with van der Waals surface area (Å²) < 4.78 is 4.86. The number of aromatic amines is 1. The number of aryl methyl sites for hydroxylation is 1. The Morgan fingerprint density at radius 2 is 2.14 bits per heavy atom. The van der Waals surface area contributed by atoms with E-state index < -0.39 is 12.0 Å². The molecule has 6 nitrogen and oxygen atoms in total. The predicted octanol–water partition coefficient (Wildman–Crippen LogP) is 1.46. The third kappa shape index (κ3) is 2.36. The summed E-state index contributed by atoms with van der Waals surface area (Å²) in [5.41, 5.74) is 3.15. The van der Waals surface area contributed by atoms with E-state index in [0.717, 1.165) is 17.0 Å². The Morgan fingerprint density at radius 3 is 2.86 bits per heavy atom. The van der Waals surface area contributed by atoms with Crippen molar-refractivity contribution < 1.29 is 14.3 Å². The fourth-order valence-corrected chi connectivity index (χ4v) is 2.76. The number of benzene rings is 1. The number of H-pyrrole nitrogens is 1. The van der Waals surface area contributed by atoms with Crippen LogP contribution in [0, 0.1) is 6.92 Å². The quantitative estimate of drug-likeness (QED) is 0.852. The van der Waals surface area contributed by atoms with Gasteiger partial charge in [-0.3, -0.25) is 4.79 Å². The summed E-state index contributed by atoms with van der Waals surface area (Å²) in [6, 6.07) is 6.71. The molecule has 0 aliphatic carbocycles. The van der Waals surface area contributed by atoms with Crippen molar-refractivity contribution in [3.63, 3.8) is 0 Å². The monoisotopic (exact) mass is 299 g/mol. The SMILES string of the molecule is COC(=O)C1Cc2nc[nH]c2CN1C(=O)c1ccccc1C. The molecule has 0 spiro atoms. The van der Waals surface area contributed by atoms with Crippen molar-refractivity contribution in [2.45, 2.75) is 25.9 Å². The molecule has 6 heteroatoms. The van der Waals surface area contributed by atoms with Crippen molar-refractivity contribution in [3.05, 3.63) is 53.1 Å². The van der Waals surface area contributed by atoms with E-state index in [4.69, 9.17) is 4.74 Å². The number of ether oxygens (including phenoxy) is 1. The molecule has 0 fully saturated rings. The molecule has 0 saturated heterocycles. The molecular weight excluding hydrogens is 282 g/mol. The van der Waals surface area contributed by atoms with E-state index in [-0.39, 0.29) is 5.91 Å². The van der Waals surface area contributed by atoms with Gasteiger partial charge in [0.1, 0.15) is 6.04 Å². The number of carbonyl (C=O) groups excluding carboxylic acids is 2. The Bertz CT molecular complexity index is 723. The van der Waals surface area contributed by atoms with Crippen LogP contribution in [0.4, 0.5) is 0 Å². The molecule has 1 amide bonds. The Kier molecular flexibility index (Phi) is 3.66. The van der Waals surface area contributed by atoms with E-state index in [1.165, 1.54) is 7.11 Å².